The Bertz CT molecular complexity index is 404. The summed E-state index contributed by atoms with van der Waals surface area (Å²) in [4.78, 5) is 0. The van der Waals surface area contributed by atoms with Crippen molar-refractivity contribution < 1.29 is 9.47 Å². The third kappa shape index (κ3) is 3.32. The van der Waals surface area contributed by atoms with Gasteiger partial charge in [0.05, 0.1) is 12.2 Å². The van der Waals surface area contributed by atoms with Crippen LogP contribution < -0.4 is 4.74 Å². The second-order valence-electron chi connectivity index (χ2n) is 5.78. The molecular formula is C16H21BrO2. The van der Waals surface area contributed by atoms with E-state index >= 15 is 0 Å². The maximum Gasteiger partial charge on any atom is 0.119 e. The Labute approximate surface area is 123 Å². The van der Waals surface area contributed by atoms with E-state index in [0.717, 1.165) is 29.7 Å². The highest BCUT2D eigenvalue weighted by molar-refractivity contribution is 9.10. The zero-order chi connectivity index (χ0) is 13.1. The second-order valence-corrected chi connectivity index (χ2v) is 6.69. The van der Waals surface area contributed by atoms with Gasteiger partial charge in [0, 0.05) is 17.3 Å². The van der Waals surface area contributed by atoms with Gasteiger partial charge in [-0.15, -0.1) is 0 Å². The molecule has 2 nitrogen and oxygen atoms in total. The molecule has 2 aliphatic rings. The van der Waals surface area contributed by atoms with Gasteiger partial charge >= 0.3 is 0 Å². The average Bonchev–Trinajstić information content (AvgIpc) is 2.42. The van der Waals surface area contributed by atoms with Crippen molar-refractivity contribution in [1.82, 2.24) is 0 Å². The van der Waals surface area contributed by atoms with Gasteiger partial charge < -0.3 is 9.47 Å². The third-order valence-corrected chi connectivity index (χ3v) is 4.86. The third-order valence-electron chi connectivity index (χ3n) is 4.33. The Morgan fingerprint density at radius 2 is 1.84 bits per heavy atom. The Morgan fingerprint density at radius 1 is 1.11 bits per heavy atom. The van der Waals surface area contributed by atoms with Gasteiger partial charge in [0.25, 0.3) is 0 Å². The van der Waals surface area contributed by atoms with Crippen molar-refractivity contribution in [3.8, 4) is 5.75 Å². The molecule has 1 heterocycles. The molecule has 1 aromatic rings. The van der Waals surface area contributed by atoms with Crippen molar-refractivity contribution in [2.45, 2.75) is 56.7 Å². The molecule has 1 spiro atoms. The van der Waals surface area contributed by atoms with E-state index in [0.29, 0.717) is 6.10 Å². The molecule has 1 saturated carbocycles. The first-order chi connectivity index (χ1) is 9.26. The van der Waals surface area contributed by atoms with Gasteiger partial charge in [-0.2, -0.15) is 0 Å². The zero-order valence-electron chi connectivity index (χ0n) is 11.2. The van der Waals surface area contributed by atoms with Crippen molar-refractivity contribution in [2.24, 2.45) is 0 Å². The van der Waals surface area contributed by atoms with Crippen LogP contribution in [0, 0.1) is 0 Å². The van der Waals surface area contributed by atoms with E-state index in [2.05, 4.69) is 15.9 Å². The topological polar surface area (TPSA) is 18.5 Å². The number of benzene rings is 1. The monoisotopic (exact) mass is 324 g/mol. The van der Waals surface area contributed by atoms with Crippen molar-refractivity contribution in [3.05, 3.63) is 28.7 Å². The molecule has 1 aromatic carbocycles. The van der Waals surface area contributed by atoms with E-state index in [1.165, 1.54) is 32.1 Å². The Balaban J connectivity index is 1.63. The SMILES string of the molecule is Brc1ccc(OC2CCOC3(CCCCC3)C2)cc1. The molecule has 1 unspecified atom stereocenters. The molecule has 0 bridgehead atoms. The minimum absolute atomic E-state index is 0.122. The van der Waals surface area contributed by atoms with Crippen molar-refractivity contribution in [3.63, 3.8) is 0 Å². The maximum absolute atomic E-state index is 6.14. The summed E-state index contributed by atoms with van der Waals surface area (Å²) in [5.74, 6) is 0.973. The van der Waals surface area contributed by atoms with Crippen LogP contribution in [0.3, 0.4) is 0 Å². The Morgan fingerprint density at radius 3 is 2.58 bits per heavy atom. The largest absolute Gasteiger partial charge is 0.490 e. The van der Waals surface area contributed by atoms with Crippen LogP contribution >= 0.6 is 15.9 Å². The van der Waals surface area contributed by atoms with Gasteiger partial charge in [-0.05, 0) is 37.1 Å². The standard InChI is InChI=1S/C16H21BrO2/c17-13-4-6-14(7-5-13)19-15-8-11-18-16(12-15)9-2-1-3-10-16/h4-7,15H,1-3,8-12H2. The second kappa shape index (κ2) is 5.84. The molecule has 104 valence electrons. The molecule has 0 aromatic heterocycles. The first kappa shape index (κ1) is 13.4. The molecule has 1 atom stereocenters. The number of rotatable bonds is 2. The fourth-order valence-corrected chi connectivity index (χ4v) is 3.60. The first-order valence-electron chi connectivity index (χ1n) is 7.32. The summed E-state index contributed by atoms with van der Waals surface area (Å²) in [6, 6.07) is 8.14. The quantitative estimate of drug-likeness (QED) is 0.784. The lowest BCUT2D eigenvalue weighted by Crippen LogP contribution is -2.45. The summed E-state index contributed by atoms with van der Waals surface area (Å²) in [7, 11) is 0. The molecular weight excluding hydrogens is 304 g/mol. The molecule has 1 saturated heterocycles. The van der Waals surface area contributed by atoms with E-state index in [9.17, 15) is 0 Å². The Hall–Kier alpha value is -0.540. The van der Waals surface area contributed by atoms with Gasteiger partial charge in [-0.3, -0.25) is 0 Å². The normalized spacial score (nSPS) is 26.3. The van der Waals surface area contributed by atoms with Crippen molar-refractivity contribution >= 4 is 15.9 Å². The highest BCUT2D eigenvalue weighted by Gasteiger charge is 2.39. The summed E-state index contributed by atoms with van der Waals surface area (Å²) in [6.45, 7) is 0.848. The highest BCUT2D eigenvalue weighted by atomic mass is 79.9. The van der Waals surface area contributed by atoms with E-state index < -0.39 is 0 Å². The number of halogens is 1. The smallest absolute Gasteiger partial charge is 0.119 e. The number of hydrogen-bond donors (Lipinski definition) is 0. The van der Waals surface area contributed by atoms with E-state index in [-0.39, 0.29) is 5.60 Å². The number of ether oxygens (including phenoxy) is 2. The molecule has 1 aliphatic carbocycles. The van der Waals surface area contributed by atoms with Gasteiger partial charge in [0.1, 0.15) is 11.9 Å². The molecule has 0 amide bonds. The molecule has 2 fully saturated rings. The van der Waals surface area contributed by atoms with Crippen LogP contribution in [0.2, 0.25) is 0 Å². The minimum Gasteiger partial charge on any atom is -0.490 e. The van der Waals surface area contributed by atoms with Gasteiger partial charge in [-0.25, -0.2) is 0 Å². The van der Waals surface area contributed by atoms with Gasteiger partial charge in [0.15, 0.2) is 0 Å². The minimum atomic E-state index is 0.122. The van der Waals surface area contributed by atoms with Crippen LogP contribution in [-0.2, 0) is 4.74 Å². The first-order valence-corrected chi connectivity index (χ1v) is 8.11. The van der Waals surface area contributed by atoms with Crippen LogP contribution in [0.5, 0.6) is 5.75 Å². The summed E-state index contributed by atoms with van der Waals surface area (Å²) in [6.07, 6.45) is 8.80. The fourth-order valence-electron chi connectivity index (χ4n) is 3.33. The molecule has 3 heteroatoms. The van der Waals surface area contributed by atoms with Crippen LogP contribution in [0.15, 0.2) is 28.7 Å². The van der Waals surface area contributed by atoms with Crippen LogP contribution in [-0.4, -0.2) is 18.3 Å². The van der Waals surface area contributed by atoms with E-state index in [1.807, 2.05) is 24.3 Å². The molecule has 0 radical (unpaired) electrons. The summed E-state index contributed by atoms with van der Waals surface area (Å²) in [5.41, 5.74) is 0.122. The van der Waals surface area contributed by atoms with E-state index in [1.54, 1.807) is 0 Å². The zero-order valence-corrected chi connectivity index (χ0v) is 12.8. The van der Waals surface area contributed by atoms with Gasteiger partial charge in [0.2, 0.25) is 0 Å². The van der Waals surface area contributed by atoms with Crippen molar-refractivity contribution in [1.29, 1.82) is 0 Å². The van der Waals surface area contributed by atoms with Crippen LogP contribution in [0.1, 0.15) is 44.9 Å². The predicted molar refractivity (Wildman–Crippen MR) is 79.6 cm³/mol. The van der Waals surface area contributed by atoms with Crippen LogP contribution in [0.25, 0.3) is 0 Å². The lowest BCUT2D eigenvalue weighted by atomic mass is 9.79. The fraction of sp³-hybridized carbons (Fsp3) is 0.625. The Kier molecular flexibility index (Phi) is 4.13. The lowest BCUT2D eigenvalue weighted by molar-refractivity contribution is -0.129. The van der Waals surface area contributed by atoms with Crippen molar-refractivity contribution in [2.75, 3.05) is 6.61 Å². The van der Waals surface area contributed by atoms with Crippen LogP contribution in [0.4, 0.5) is 0 Å². The lowest BCUT2D eigenvalue weighted by Gasteiger charge is -2.43. The summed E-state index contributed by atoms with van der Waals surface area (Å²) < 4.78 is 13.3. The van der Waals surface area contributed by atoms with Gasteiger partial charge in [-0.1, -0.05) is 35.2 Å². The summed E-state index contributed by atoms with van der Waals surface area (Å²) in [5, 5.41) is 0. The molecule has 1 aliphatic heterocycles. The molecule has 3 rings (SSSR count). The number of hydrogen-bond acceptors (Lipinski definition) is 2. The summed E-state index contributed by atoms with van der Waals surface area (Å²) >= 11 is 3.45. The molecule has 0 N–H and O–H groups in total. The highest BCUT2D eigenvalue weighted by Crippen LogP contribution is 2.39. The van der Waals surface area contributed by atoms with E-state index in [4.69, 9.17) is 9.47 Å². The average molecular weight is 325 g/mol. The maximum atomic E-state index is 6.14. The predicted octanol–water partition coefficient (Wildman–Crippen LogP) is 4.71. The molecule has 19 heavy (non-hydrogen) atoms.